The van der Waals surface area contributed by atoms with Crippen LogP contribution in [0.25, 0.3) is 0 Å². The topological polar surface area (TPSA) is 111 Å². The molecule has 10 heteroatoms. The fraction of sp³-hybridized carbons (Fsp3) is 0.837. The van der Waals surface area contributed by atoms with Crippen molar-refractivity contribution < 1.29 is 42.1 Å². The van der Waals surface area contributed by atoms with Gasteiger partial charge in [-0.3, -0.25) is 14.2 Å². The van der Waals surface area contributed by atoms with E-state index in [4.69, 9.17) is 18.5 Å². The molecule has 0 radical (unpaired) electrons. The molecule has 0 saturated carbocycles. The Kier molecular flexibility index (Phi) is 74.6. The fourth-order valence-electron chi connectivity index (χ4n) is 12.4. The monoisotopic (exact) mass is 1370 g/mol. The van der Waals surface area contributed by atoms with Crippen LogP contribution in [0.2, 0.25) is 0 Å². The Morgan fingerprint density at radius 1 is 0.333 bits per heavy atom. The second kappa shape index (κ2) is 76.6. The molecule has 9 nitrogen and oxygen atoms in total. The van der Waals surface area contributed by atoms with Crippen LogP contribution in [0.3, 0.4) is 0 Å². The summed E-state index contributed by atoms with van der Waals surface area (Å²) < 4.78 is 34.5. The fourth-order valence-corrected chi connectivity index (χ4v) is 13.1. The summed E-state index contributed by atoms with van der Waals surface area (Å²) in [6, 6.07) is 0. The smallest absolute Gasteiger partial charge is 0.306 e. The first-order valence-electron chi connectivity index (χ1n) is 41.6. The number of rotatable bonds is 78. The first-order chi connectivity index (χ1) is 47.0. The Bertz CT molecular complexity index is 1850. The summed E-state index contributed by atoms with van der Waals surface area (Å²) >= 11 is 0. The molecule has 0 aliphatic heterocycles. The minimum absolute atomic E-state index is 0.0286. The van der Waals surface area contributed by atoms with Crippen molar-refractivity contribution in [1.82, 2.24) is 0 Å². The zero-order valence-electron chi connectivity index (χ0n) is 64.3. The number of hydrogen-bond acceptors (Lipinski definition) is 8. The maximum Gasteiger partial charge on any atom is 0.306 e. The van der Waals surface area contributed by atoms with E-state index >= 15 is 0 Å². The Balaban J connectivity index is 3.89. The number of nitrogens with zero attached hydrogens (tertiary/aromatic N) is 1. The van der Waals surface area contributed by atoms with E-state index in [0.29, 0.717) is 17.4 Å². The van der Waals surface area contributed by atoms with Crippen LogP contribution in [-0.2, 0) is 32.7 Å². The van der Waals surface area contributed by atoms with Crippen LogP contribution in [0.4, 0.5) is 0 Å². The predicted octanol–water partition coefficient (Wildman–Crippen LogP) is 27.2. The number of hydrogen-bond donors (Lipinski definition) is 0. The molecule has 2 unspecified atom stereocenters. The molecular weight excluding hydrogens is 1210 g/mol. The number of ether oxygens (including phenoxy) is 2. The number of carbonyl (C=O) groups excluding carboxylic acids is 2. The summed E-state index contributed by atoms with van der Waals surface area (Å²) in [7, 11) is 1.19. The number of esters is 2. The Morgan fingerprint density at radius 3 is 0.885 bits per heavy atom. The van der Waals surface area contributed by atoms with E-state index in [-0.39, 0.29) is 32.0 Å². The molecule has 0 aromatic carbocycles. The van der Waals surface area contributed by atoms with Crippen molar-refractivity contribution in [3.05, 3.63) is 72.9 Å². The molecule has 96 heavy (non-hydrogen) atoms. The standard InChI is InChI=1S/C86H160NO8P/c1-6-8-10-12-14-16-18-20-22-24-26-28-30-32-34-36-38-40-42-43-45-47-49-51-53-55-57-59-61-63-65-67-69-71-73-75-77-79-86(89)95-84(83-94-96(90,91)93-81-80-87(3,4)5)82-92-85(88)78-76-74-72-70-68-66-64-62-60-58-56-54-52-50-48-46-44-41-39-37-35-33-31-29-27-25-23-21-19-17-15-13-11-9-7-2/h8,10,14,16,19-22,25-28,84H,6-7,9,11-13,15,17-18,23-24,29-83H2,1-5H3/b10-8-,16-14-,21-19-,22-20-,27-25-,28-26-. The highest BCUT2D eigenvalue weighted by molar-refractivity contribution is 7.45. The number of allylic oxidation sites excluding steroid dienone is 12. The van der Waals surface area contributed by atoms with Gasteiger partial charge in [-0.25, -0.2) is 0 Å². The molecule has 0 spiro atoms. The van der Waals surface area contributed by atoms with Gasteiger partial charge >= 0.3 is 11.9 Å². The van der Waals surface area contributed by atoms with Crippen molar-refractivity contribution in [2.75, 3.05) is 47.5 Å². The molecule has 0 amide bonds. The van der Waals surface area contributed by atoms with Gasteiger partial charge in [-0.1, -0.05) is 389 Å². The molecule has 0 fully saturated rings. The van der Waals surface area contributed by atoms with Crippen LogP contribution in [0.5, 0.6) is 0 Å². The van der Waals surface area contributed by atoms with E-state index in [1.165, 1.54) is 315 Å². The molecule has 0 heterocycles. The molecule has 0 aromatic rings. The maximum absolute atomic E-state index is 12.9. The average molecular weight is 1370 g/mol. The normalized spacial score (nSPS) is 13.4. The van der Waals surface area contributed by atoms with Crippen LogP contribution >= 0.6 is 7.82 Å². The van der Waals surface area contributed by atoms with Crippen molar-refractivity contribution in [3.8, 4) is 0 Å². The highest BCUT2D eigenvalue weighted by atomic mass is 31.2. The van der Waals surface area contributed by atoms with Gasteiger partial charge in [0, 0.05) is 12.8 Å². The van der Waals surface area contributed by atoms with E-state index < -0.39 is 26.5 Å². The van der Waals surface area contributed by atoms with E-state index in [2.05, 4.69) is 86.8 Å². The lowest BCUT2D eigenvalue weighted by Crippen LogP contribution is -2.37. The van der Waals surface area contributed by atoms with Gasteiger partial charge in [0.2, 0.25) is 0 Å². The summed E-state index contributed by atoms with van der Waals surface area (Å²) in [6.07, 6.45) is 105. The Labute approximate surface area is 597 Å². The van der Waals surface area contributed by atoms with Crippen molar-refractivity contribution in [3.63, 3.8) is 0 Å². The van der Waals surface area contributed by atoms with Gasteiger partial charge < -0.3 is 27.9 Å². The summed E-state index contributed by atoms with van der Waals surface area (Å²) in [4.78, 5) is 38.2. The minimum atomic E-state index is -4.65. The Morgan fingerprint density at radius 2 is 0.594 bits per heavy atom. The van der Waals surface area contributed by atoms with Crippen LogP contribution in [0.15, 0.2) is 72.9 Å². The summed E-state index contributed by atoms with van der Waals surface area (Å²) in [6.45, 7) is 4.19. The summed E-state index contributed by atoms with van der Waals surface area (Å²) in [5.74, 6) is -0.809. The van der Waals surface area contributed by atoms with Crippen molar-refractivity contribution in [2.45, 2.75) is 418 Å². The van der Waals surface area contributed by atoms with E-state index in [0.717, 1.165) is 64.2 Å². The van der Waals surface area contributed by atoms with Gasteiger partial charge in [0.1, 0.15) is 19.8 Å². The molecule has 0 aliphatic rings. The van der Waals surface area contributed by atoms with E-state index in [1.54, 1.807) is 0 Å². The number of unbranched alkanes of at least 4 members (excludes halogenated alkanes) is 52. The highest BCUT2D eigenvalue weighted by Gasteiger charge is 2.22. The largest absolute Gasteiger partial charge is 0.756 e. The Hall–Kier alpha value is -2.55. The van der Waals surface area contributed by atoms with Crippen molar-refractivity contribution in [1.29, 1.82) is 0 Å². The predicted molar refractivity (Wildman–Crippen MR) is 416 cm³/mol. The maximum atomic E-state index is 12.9. The second-order valence-electron chi connectivity index (χ2n) is 29.5. The molecule has 562 valence electrons. The van der Waals surface area contributed by atoms with Gasteiger partial charge in [-0.15, -0.1) is 0 Å². The third-order valence-corrected chi connectivity index (χ3v) is 19.7. The lowest BCUT2D eigenvalue weighted by Gasteiger charge is -2.28. The first-order valence-corrected chi connectivity index (χ1v) is 43.1. The number of phosphoric acid groups is 1. The molecule has 0 saturated heterocycles. The SMILES string of the molecule is CC/C=C\C/C=C\C/C=C\C/C=C\CCCCCCCCCCCCCCCCCCCCCCCCCCC(=O)OC(COC(=O)CCCCCCCCCCCCCCCCCCCCCCCCC/C=C\C/C=C\CCCCCCC)COP(=O)([O-])OCC[N+](C)(C)C. The number of quaternary nitrogens is 1. The average Bonchev–Trinajstić information content (AvgIpc) is 2.72. The first kappa shape index (κ1) is 93.5. The van der Waals surface area contributed by atoms with Gasteiger partial charge in [0.15, 0.2) is 6.10 Å². The van der Waals surface area contributed by atoms with Crippen molar-refractivity contribution in [2.24, 2.45) is 0 Å². The highest BCUT2D eigenvalue weighted by Crippen LogP contribution is 2.38. The zero-order chi connectivity index (χ0) is 69.7. The third-order valence-electron chi connectivity index (χ3n) is 18.7. The number of carbonyl (C=O) groups is 2. The van der Waals surface area contributed by atoms with Gasteiger partial charge in [-0.05, 0) is 83.5 Å². The van der Waals surface area contributed by atoms with Gasteiger partial charge in [0.25, 0.3) is 7.82 Å². The van der Waals surface area contributed by atoms with Crippen LogP contribution in [-0.4, -0.2) is 70.0 Å². The van der Waals surface area contributed by atoms with E-state index in [1.807, 2.05) is 21.1 Å². The molecule has 0 aliphatic carbocycles. The molecule has 0 bridgehead atoms. The van der Waals surface area contributed by atoms with Gasteiger partial charge in [-0.2, -0.15) is 0 Å². The van der Waals surface area contributed by atoms with Crippen LogP contribution in [0, 0.1) is 0 Å². The molecule has 2 atom stereocenters. The molecule has 0 aromatic heterocycles. The lowest BCUT2D eigenvalue weighted by molar-refractivity contribution is -0.870. The van der Waals surface area contributed by atoms with Crippen molar-refractivity contribution >= 4 is 19.8 Å². The molecular formula is C86H160NO8P. The quantitative estimate of drug-likeness (QED) is 0.0195. The third kappa shape index (κ3) is 80.4. The number of likely N-dealkylation sites (N-methyl/N-ethyl adjacent to an activating group) is 1. The molecule has 0 rings (SSSR count). The van der Waals surface area contributed by atoms with Gasteiger partial charge in [0.05, 0.1) is 27.7 Å². The lowest BCUT2D eigenvalue weighted by atomic mass is 10.0. The van der Waals surface area contributed by atoms with Crippen LogP contribution < -0.4 is 4.89 Å². The molecule has 0 N–H and O–H groups in total. The summed E-state index contributed by atoms with van der Waals surface area (Å²) in [5, 5.41) is 0. The van der Waals surface area contributed by atoms with E-state index in [9.17, 15) is 19.0 Å². The second-order valence-corrected chi connectivity index (χ2v) is 30.9. The minimum Gasteiger partial charge on any atom is -0.756 e. The number of phosphoric ester groups is 1. The summed E-state index contributed by atoms with van der Waals surface area (Å²) in [5.41, 5.74) is 0. The van der Waals surface area contributed by atoms with Crippen LogP contribution in [0.1, 0.15) is 412 Å². The zero-order valence-corrected chi connectivity index (χ0v) is 65.2.